The third-order valence-corrected chi connectivity index (χ3v) is 14.2. The zero-order valence-corrected chi connectivity index (χ0v) is 36.6. The minimum atomic E-state index is -0.463. The third-order valence-electron chi connectivity index (χ3n) is 14.2. The maximum absolute atomic E-state index is 16.7. The maximum atomic E-state index is 16.7. The molecule has 2 atom stereocenters. The molecule has 7 heterocycles. The van der Waals surface area contributed by atoms with Gasteiger partial charge in [0.2, 0.25) is 11.8 Å². The van der Waals surface area contributed by atoms with Crippen LogP contribution >= 0.6 is 0 Å². The number of carbonyl (C=O) groups excluding carboxylic acids is 3. The summed E-state index contributed by atoms with van der Waals surface area (Å²) < 4.78 is 21.8. The highest BCUT2D eigenvalue weighted by atomic mass is 19.1. The van der Waals surface area contributed by atoms with Crippen molar-refractivity contribution < 1.29 is 18.8 Å². The molecule has 64 heavy (non-hydrogen) atoms. The van der Waals surface area contributed by atoms with Crippen molar-refractivity contribution in [1.29, 1.82) is 0 Å². The Morgan fingerprint density at radius 3 is 2.42 bits per heavy atom. The normalized spacial score (nSPS) is 19.7. The number of likely N-dealkylation sites (tertiary alicyclic amines) is 2. The third kappa shape index (κ3) is 8.10. The first kappa shape index (κ1) is 41.8. The van der Waals surface area contributed by atoms with Gasteiger partial charge in [0.25, 0.3) is 5.91 Å². The van der Waals surface area contributed by atoms with E-state index in [4.69, 9.17) is 0 Å². The fourth-order valence-electron chi connectivity index (χ4n) is 10.3. The average Bonchev–Trinajstić information content (AvgIpc) is 4.05. The Bertz CT molecular complexity index is 2740. The van der Waals surface area contributed by atoms with E-state index in [1.54, 1.807) is 32.0 Å². The van der Waals surface area contributed by atoms with E-state index in [1.807, 2.05) is 35.4 Å². The lowest BCUT2D eigenvalue weighted by Crippen LogP contribution is -2.46. The van der Waals surface area contributed by atoms with Crippen molar-refractivity contribution in [1.82, 2.24) is 43.9 Å². The number of halogens is 1. The number of aromatic amines is 1. The van der Waals surface area contributed by atoms with Gasteiger partial charge in [-0.25, -0.2) is 9.18 Å². The summed E-state index contributed by atoms with van der Waals surface area (Å²) in [5.41, 5.74) is 6.99. The van der Waals surface area contributed by atoms with Gasteiger partial charge in [0.15, 0.2) is 5.82 Å². The van der Waals surface area contributed by atoms with Crippen LogP contribution in [0.3, 0.4) is 0 Å². The largest absolute Gasteiger partial charge is 0.369 e. The van der Waals surface area contributed by atoms with Gasteiger partial charge < -0.3 is 25.0 Å². The molecule has 3 aromatic heterocycles. The number of nitrogens with zero attached hydrogens (tertiary/aromatic N) is 8. The number of anilines is 1. The molecular formula is C49H57FN10O4. The van der Waals surface area contributed by atoms with Crippen molar-refractivity contribution >= 4 is 45.3 Å². The van der Waals surface area contributed by atoms with Crippen molar-refractivity contribution in [3.8, 4) is 11.1 Å². The Hall–Kier alpha value is -6.22. The highest BCUT2D eigenvalue weighted by molar-refractivity contribution is 6.04. The number of nitrogens with one attached hydrogen (secondary N) is 2. The van der Waals surface area contributed by atoms with Crippen LogP contribution < -0.4 is 15.9 Å². The minimum absolute atomic E-state index is 0.0452. The van der Waals surface area contributed by atoms with Gasteiger partial charge in [-0.1, -0.05) is 18.2 Å². The molecule has 14 nitrogen and oxygen atoms in total. The van der Waals surface area contributed by atoms with Crippen molar-refractivity contribution in [2.75, 3.05) is 70.3 Å². The summed E-state index contributed by atoms with van der Waals surface area (Å²) in [7, 11) is 1.79. The second kappa shape index (κ2) is 17.7. The summed E-state index contributed by atoms with van der Waals surface area (Å²) >= 11 is 0. The predicted octanol–water partition coefficient (Wildman–Crippen LogP) is 5.67. The van der Waals surface area contributed by atoms with Crippen LogP contribution in [0.2, 0.25) is 0 Å². The number of hydrogen-bond donors (Lipinski definition) is 2. The molecule has 3 aromatic carbocycles. The Kier molecular flexibility index (Phi) is 11.6. The highest BCUT2D eigenvalue weighted by Gasteiger charge is 2.31. The quantitative estimate of drug-likeness (QED) is 0.162. The first-order valence-corrected chi connectivity index (χ1v) is 23.1. The molecule has 4 fully saturated rings. The zero-order chi connectivity index (χ0) is 43.9. The molecule has 4 aliphatic heterocycles. The summed E-state index contributed by atoms with van der Waals surface area (Å²) in [6.45, 7) is 8.35. The van der Waals surface area contributed by atoms with Gasteiger partial charge in [0, 0.05) is 108 Å². The molecule has 0 spiro atoms. The number of rotatable bonds is 12. The van der Waals surface area contributed by atoms with Gasteiger partial charge in [0.1, 0.15) is 11.7 Å². The van der Waals surface area contributed by atoms with Crippen LogP contribution in [0.5, 0.6) is 0 Å². The molecule has 15 heteroatoms. The molecule has 0 saturated carbocycles. The average molecular weight is 869 g/mol. The Morgan fingerprint density at radius 2 is 1.67 bits per heavy atom. The molecule has 1 unspecified atom stereocenters. The van der Waals surface area contributed by atoms with Crippen LogP contribution in [0.1, 0.15) is 78.5 Å². The first-order chi connectivity index (χ1) is 31.2. The number of hydrogen-bond acceptors (Lipinski definition) is 7. The molecule has 4 saturated heterocycles. The van der Waals surface area contributed by atoms with Crippen LogP contribution in [0.25, 0.3) is 33.1 Å². The van der Waals surface area contributed by atoms with Crippen molar-refractivity contribution in [3.05, 3.63) is 106 Å². The van der Waals surface area contributed by atoms with Gasteiger partial charge in [0.05, 0.1) is 16.6 Å². The standard InChI is InChI=1S/C49H57FN10O4/c1-54-43-29-33(10-15-41(43)60(49(54)64)42-9-2-17-51-47(42)62)7-3-19-55-25-27-56(28-26-55)36-13-11-34(12-14-36)37-30-38(45(50)46-39(37)31-40(53-46)48(63)57-21-6-22-57)35-8-4-20-58(32-35)44(61)16-24-59-23-5-18-52-59/h5,10-15,18,23,29-31,35,42,53H,2-4,6-9,16-17,19-22,24-28,32H2,1H3,(H,51,62)/t35-,42?/m1/s1. The van der Waals surface area contributed by atoms with Crippen molar-refractivity contribution in [3.63, 3.8) is 0 Å². The van der Waals surface area contributed by atoms with Gasteiger partial charge in [-0.05, 0) is 116 Å². The van der Waals surface area contributed by atoms with Gasteiger partial charge in [-0.3, -0.25) is 33.1 Å². The lowest BCUT2D eigenvalue weighted by Gasteiger charge is -2.36. The van der Waals surface area contributed by atoms with E-state index in [1.165, 1.54) is 5.56 Å². The fourth-order valence-corrected chi connectivity index (χ4v) is 10.3. The van der Waals surface area contributed by atoms with Gasteiger partial charge >= 0.3 is 5.69 Å². The number of H-pyrrole nitrogens is 1. The number of aromatic nitrogens is 5. The number of piperazine rings is 1. The van der Waals surface area contributed by atoms with Gasteiger partial charge in [-0.2, -0.15) is 5.10 Å². The van der Waals surface area contributed by atoms with Crippen LogP contribution in [-0.2, 0) is 29.6 Å². The van der Waals surface area contributed by atoms with E-state index in [-0.39, 0.29) is 35.1 Å². The Labute approximate surface area is 371 Å². The molecule has 2 N–H and O–H groups in total. The number of aryl methyl sites for hydroxylation is 3. The number of benzene rings is 3. The van der Waals surface area contributed by atoms with Gasteiger partial charge in [-0.15, -0.1) is 0 Å². The van der Waals surface area contributed by atoms with E-state index < -0.39 is 6.04 Å². The Morgan fingerprint density at radius 1 is 0.859 bits per heavy atom. The van der Waals surface area contributed by atoms with Crippen LogP contribution in [0.15, 0.2) is 77.9 Å². The predicted molar refractivity (Wildman–Crippen MR) is 245 cm³/mol. The summed E-state index contributed by atoms with van der Waals surface area (Å²) in [6, 6.07) is 19.9. The Balaban J connectivity index is 0.805. The number of fused-ring (bicyclic) bond motifs is 2. The lowest BCUT2D eigenvalue weighted by atomic mass is 9.87. The maximum Gasteiger partial charge on any atom is 0.329 e. The molecule has 6 aromatic rings. The van der Waals surface area contributed by atoms with Crippen LogP contribution in [-0.4, -0.2) is 122 Å². The van der Waals surface area contributed by atoms with E-state index in [0.717, 1.165) is 99.1 Å². The second-order valence-corrected chi connectivity index (χ2v) is 18.1. The van der Waals surface area contributed by atoms with Crippen molar-refractivity contribution in [2.24, 2.45) is 7.05 Å². The summed E-state index contributed by atoms with van der Waals surface area (Å²) in [6.07, 6.45) is 9.85. The molecule has 334 valence electrons. The molecule has 4 aliphatic rings. The second-order valence-electron chi connectivity index (χ2n) is 18.1. The van der Waals surface area contributed by atoms with E-state index in [2.05, 4.69) is 61.6 Å². The molecule has 0 bridgehead atoms. The molecule has 0 radical (unpaired) electrons. The number of carbonyl (C=O) groups is 3. The van der Waals surface area contributed by atoms with E-state index >= 15 is 4.39 Å². The van der Waals surface area contributed by atoms with Crippen LogP contribution in [0.4, 0.5) is 10.1 Å². The van der Waals surface area contributed by atoms with E-state index in [0.29, 0.717) is 74.3 Å². The summed E-state index contributed by atoms with van der Waals surface area (Å²) in [5.74, 6) is -0.669. The smallest absolute Gasteiger partial charge is 0.329 e. The topological polar surface area (TPSA) is 137 Å². The summed E-state index contributed by atoms with van der Waals surface area (Å²) in [4.78, 5) is 64.3. The van der Waals surface area contributed by atoms with E-state index in [9.17, 15) is 19.2 Å². The first-order valence-electron chi connectivity index (χ1n) is 23.1. The highest BCUT2D eigenvalue weighted by Crippen LogP contribution is 2.39. The molecule has 0 aliphatic carbocycles. The molecular weight excluding hydrogens is 812 g/mol. The van der Waals surface area contributed by atoms with Crippen molar-refractivity contribution in [2.45, 2.75) is 69.9 Å². The zero-order valence-electron chi connectivity index (χ0n) is 36.6. The fraction of sp³-hybridized carbons (Fsp3) is 0.449. The van der Waals surface area contributed by atoms with Crippen LogP contribution in [0, 0.1) is 5.82 Å². The molecule has 3 amide bonds. The molecule has 10 rings (SSSR count). The monoisotopic (exact) mass is 868 g/mol. The number of piperidine rings is 2. The lowest BCUT2D eigenvalue weighted by molar-refractivity contribution is -0.132. The minimum Gasteiger partial charge on any atom is -0.369 e. The number of imidazole rings is 1. The number of amides is 3. The summed E-state index contributed by atoms with van der Waals surface area (Å²) in [5, 5.41) is 7.83. The SMILES string of the molecule is Cn1c(=O)n(C2CCCNC2=O)c2ccc(CCCN3CCN(c4ccc(-c5cc([C@@H]6CCCN(C(=O)CCn7cccn7)C6)c(F)c6[nH]c(C(=O)N7CCC7)cc56)cc4)CC3)cc21.